The lowest BCUT2D eigenvalue weighted by atomic mass is 10.3. The van der Waals surface area contributed by atoms with Crippen LogP contribution in [0, 0.1) is 5.82 Å². The van der Waals surface area contributed by atoms with Crippen molar-refractivity contribution in [2.45, 2.75) is 0 Å². The molecule has 0 fully saturated rings. The van der Waals surface area contributed by atoms with E-state index in [4.69, 9.17) is 0 Å². The van der Waals surface area contributed by atoms with Crippen LogP contribution in [0.1, 0.15) is 0 Å². The van der Waals surface area contributed by atoms with Crippen LogP contribution in [0.15, 0.2) is 24.3 Å². The van der Waals surface area contributed by atoms with E-state index in [-0.39, 0.29) is 0 Å². The molecule has 1 aromatic carbocycles. The van der Waals surface area contributed by atoms with Crippen LogP contribution in [-0.4, -0.2) is 0 Å². The number of para-hydroxylation sites is 1. The molecule has 0 amide bonds. The molecular formula is C6H4F3O2P. The predicted molar refractivity (Wildman–Crippen MR) is 36.9 cm³/mol. The maximum Gasteiger partial charge on any atom is 0.610 e. The number of hydrogen-bond acceptors (Lipinski definition) is 2. The van der Waals surface area contributed by atoms with E-state index >= 15 is 0 Å². The largest absolute Gasteiger partial charge is 0.610 e. The highest BCUT2D eigenvalue weighted by Gasteiger charge is 2.24. The summed E-state index contributed by atoms with van der Waals surface area (Å²) in [5, 5.41) is 0. The fourth-order valence-corrected chi connectivity index (χ4v) is 1.01. The zero-order chi connectivity index (χ0) is 9.19. The Balaban J connectivity index is 2.90. The van der Waals surface area contributed by atoms with E-state index in [1.54, 1.807) is 0 Å². The molecule has 0 N–H and O–H groups in total. The molecule has 0 aromatic heterocycles. The average molecular weight is 196 g/mol. The molecule has 0 spiro atoms. The average Bonchev–Trinajstić information content (AvgIpc) is 1.91. The maximum atomic E-state index is 12.5. The van der Waals surface area contributed by atoms with Crippen LogP contribution in [-0.2, 0) is 4.57 Å². The van der Waals surface area contributed by atoms with E-state index in [0.717, 1.165) is 12.1 Å². The molecule has 0 bridgehead atoms. The Bertz CT molecular complexity index is 322. The summed E-state index contributed by atoms with van der Waals surface area (Å²) in [5.74, 6) is -1.67. The lowest BCUT2D eigenvalue weighted by molar-refractivity contribution is 0.372. The third-order valence-corrected chi connectivity index (χ3v) is 1.45. The van der Waals surface area contributed by atoms with Crippen molar-refractivity contribution in [1.29, 1.82) is 0 Å². The molecule has 2 nitrogen and oxygen atoms in total. The third kappa shape index (κ3) is 2.58. The van der Waals surface area contributed by atoms with Gasteiger partial charge in [0.15, 0.2) is 11.6 Å². The molecule has 0 unspecified atom stereocenters. The molecule has 0 heterocycles. The monoisotopic (exact) mass is 196 g/mol. The van der Waals surface area contributed by atoms with Crippen molar-refractivity contribution in [1.82, 2.24) is 0 Å². The lowest BCUT2D eigenvalue weighted by Crippen LogP contribution is -1.86. The fraction of sp³-hybridized carbons (Fsp3) is 0. The molecule has 0 saturated carbocycles. The number of benzene rings is 1. The Kier molecular flexibility index (Phi) is 2.43. The molecule has 1 aromatic rings. The predicted octanol–water partition coefficient (Wildman–Crippen LogP) is 3.25. The van der Waals surface area contributed by atoms with Crippen LogP contribution >= 0.6 is 7.99 Å². The van der Waals surface area contributed by atoms with E-state index in [1.807, 2.05) is 0 Å². The Morgan fingerprint density at radius 2 is 1.83 bits per heavy atom. The molecule has 0 radical (unpaired) electrons. The Morgan fingerprint density at radius 3 is 2.33 bits per heavy atom. The molecule has 0 atom stereocenters. The molecule has 6 heteroatoms. The second-order valence-electron chi connectivity index (χ2n) is 1.94. The van der Waals surface area contributed by atoms with Gasteiger partial charge in [0.1, 0.15) is 0 Å². The van der Waals surface area contributed by atoms with E-state index in [2.05, 4.69) is 4.52 Å². The highest BCUT2D eigenvalue weighted by Crippen LogP contribution is 2.50. The topological polar surface area (TPSA) is 26.3 Å². The van der Waals surface area contributed by atoms with Gasteiger partial charge in [-0.05, 0) is 12.1 Å². The van der Waals surface area contributed by atoms with Gasteiger partial charge in [-0.15, -0.1) is 8.39 Å². The van der Waals surface area contributed by atoms with Crippen molar-refractivity contribution in [3.05, 3.63) is 30.1 Å². The quantitative estimate of drug-likeness (QED) is 0.678. The zero-order valence-electron chi connectivity index (χ0n) is 5.71. The van der Waals surface area contributed by atoms with Gasteiger partial charge in [0.2, 0.25) is 0 Å². The summed E-state index contributed by atoms with van der Waals surface area (Å²) in [5.41, 5.74) is 0. The van der Waals surface area contributed by atoms with Gasteiger partial charge in [-0.1, -0.05) is 12.1 Å². The highest BCUT2D eigenvalue weighted by atomic mass is 31.2. The van der Waals surface area contributed by atoms with Crippen LogP contribution in [0.3, 0.4) is 0 Å². The van der Waals surface area contributed by atoms with Crippen LogP contribution in [0.2, 0.25) is 0 Å². The molecular weight excluding hydrogens is 192 g/mol. The summed E-state index contributed by atoms with van der Waals surface area (Å²) >= 11 is 0. The number of rotatable bonds is 2. The first-order valence-corrected chi connectivity index (χ1v) is 4.33. The number of hydrogen-bond donors (Lipinski definition) is 0. The van der Waals surface area contributed by atoms with Gasteiger partial charge < -0.3 is 4.52 Å². The SMILES string of the molecule is O=P(F)(F)Oc1ccccc1F. The molecule has 0 saturated heterocycles. The lowest BCUT2D eigenvalue weighted by Gasteiger charge is -2.02. The van der Waals surface area contributed by atoms with E-state index in [1.165, 1.54) is 12.1 Å². The Hall–Kier alpha value is -0.960. The van der Waals surface area contributed by atoms with E-state index in [9.17, 15) is 17.3 Å². The maximum absolute atomic E-state index is 12.5. The summed E-state index contributed by atoms with van der Waals surface area (Å²) in [7, 11) is -5.65. The minimum absolute atomic E-state index is 0.703. The van der Waals surface area contributed by atoms with Crippen molar-refractivity contribution < 1.29 is 21.9 Å². The van der Waals surface area contributed by atoms with E-state index < -0.39 is 19.6 Å². The van der Waals surface area contributed by atoms with Crippen molar-refractivity contribution in [2.24, 2.45) is 0 Å². The first-order chi connectivity index (χ1) is 5.49. The van der Waals surface area contributed by atoms with Gasteiger partial charge in [-0.2, -0.15) is 0 Å². The van der Waals surface area contributed by atoms with Gasteiger partial charge >= 0.3 is 7.99 Å². The second kappa shape index (κ2) is 3.19. The van der Waals surface area contributed by atoms with Gasteiger partial charge in [0.05, 0.1) is 0 Å². The standard InChI is InChI=1S/C6H4F3O2P/c7-5-3-1-2-4-6(5)11-12(8,9)10/h1-4H. The summed E-state index contributed by atoms with van der Waals surface area (Å²) in [4.78, 5) is 0. The molecule has 66 valence electrons. The first-order valence-electron chi connectivity index (χ1n) is 2.92. The van der Waals surface area contributed by atoms with Crippen molar-refractivity contribution in [3.8, 4) is 5.75 Å². The normalized spacial score (nSPS) is 11.2. The van der Waals surface area contributed by atoms with E-state index in [0.29, 0.717) is 0 Å². The minimum atomic E-state index is -5.65. The molecule has 0 aliphatic heterocycles. The molecule has 0 aliphatic rings. The van der Waals surface area contributed by atoms with Gasteiger partial charge in [0.25, 0.3) is 0 Å². The smallest absolute Gasteiger partial charge is 0.395 e. The van der Waals surface area contributed by atoms with Crippen LogP contribution in [0.25, 0.3) is 0 Å². The summed E-state index contributed by atoms with van der Waals surface area (Å²) in [6.07, 6.45) is 0. The van der Waals surface area contributed by atoms with Gasteiger partial charge in [0, 0.05) is 0 Å². The summed E-state index contributed by atoms with van der Waals surface area (Å²) < 4.78 is 49.4. The van der Waals surface area contributed by atoms with Crippen molar-refractivity contribution in [2.75, 3.05) is 0 Å². The van der Waals surface area contributed by atoms with Gasteiger partial charge in [-0.25, -0.2) is 8.96 Å². The Morgan fingerprint density at radius 1 is 1.25 bits per heavy atom. The summed E-state index contributed by atoms with van der Waals surface area (Å²) in [6.45, 7) is 0. The second-order valence-corrected chi connectivity index (χ2v) is 2.95. The fourth-order valence-electron chi connectivity index (χ4n) is 0.633. The van der Waals surface area contributed by atoms with Crippen LogP contribution in [0.5, 0.6) is 5.75 Å². The minimum Gasteiger partial charge on any atom is -0.395 e. The first kappa shape index (κ1) is 9.13. The molecule has 1 rings (SSSR count). The molecule has 0 aliphatic carbocycles. The number of halogens is 3. The highest BCUT2D eigenvalue weighted by molar-refractivity contribution is 7.48. The molecule has 12 heavy (non-hydrogen) atoms. The Labute approximate surface area is 66.7 Å². The zero-order valence-corrected chi connectivity index (χ0v) is 6.60. The van der Waals surface area contributed by atoms with Crippen molar-refractivity contribution >= 4 is 7.99 Å². The summed E-state index contributed by atoms with van der Waals surface area (Å²) in [6, 6.07) is 4.52. The van der Waals surface area contributed by atoms with Gasteiger partial charge in [-0.3, -0.25) is 0 Å². The third-order valence-electron chi connectivity index (χ3n) is 1.04. The van der Waals surface area contributed by atoms with Crippen LogP contribution in [0.4, 0.5) is 12.8 Å². The van der Waals surface area contributed by atoms with Crippen LogP contribution < -0.4 is 4.52 Å². The van der Waals surface area contributed by atoms with Crippen molar-refractivity contribution in [3.63, 3.8) is 0 Å².